The van der Waals surface area contributed by atoms with Crippen LogP contribution >= 0.6 is 0 Å². The predicted molar refractivity (Wildman–Crippen MR) is 90.0 cm³/mol. The van der Waals surface area contributed by atoms with Gasteiger partial charge in [-0.05, 0) is 37.1 Å². The van der Waals surface area contributed by atoms with Crippen molar-refractivity contribution in [3.8, 4) is 5.75 Å². The molecule has 2 N–H and O–H groups in total. The Balaban J connectivity index is 1.74. The number of imide groups is 1. The summed E-state index contributed by atoms with van der Waals surface area (Å²) in [5.41, 5.74) is 0.824. The second-order valence-corrected chi connectivity index (χ2v) is 5.59. The fourth-order valence-electron chi connectivity index (χ4n) is 2.38. The Morgan fingerprint density at radius 2 is 2.00 bits per heavy atom. The van der Waals surface area contributed by atoms with Crippen LogP contribution in [0.5, 0.6) is 5.75 Å². The summed E-state index contributed by atoms with van der Waals surface area (Å²) in [6.07, 6.45) is 3.29. The van der Waals surface area contributed by atoms with Gasteiger partial charge in [0.2, 0.25) is 5.91 Å². The van der Waals surface area contributed by atoms with Crippen LogP contribution in [0.25, 0.3) is 0 Å². The molecular weight excluding hydrogens is 310 g/mol. The molecular formula is C17H23N3O4. The molecule has 7 heteroatoms. The number of nitrogens with zero attached hydrogens (tertiary/aromatic N) is 1. The molecule has 0 unspecified atom stereocenters. The van der Waals surface area contributed by atoms with Gasteiger partial charge in [0.05, 0.1) is 0 Å². The quantitative estimate of drug-likeness (QED) is 0.745. The van der Waals surface area contributed by atoms with Gasteiger partial charge in [0, 0.05) is 25.2 Å². The summed E-state index contributed by atoms with van der Waals surface area (Å²) < 4.78 is 5.34. The van der Waals surface area contributed by atoms with Crippen molar-refractivity contribution in [2.24, 2.45) is 0 Å². The van der Waals surface area contributed by atoms with Crippen molar-refractivity contribution in [3.63, 3.8) is 0 Å². The molecule has 1 aromatic rings. The summed E-state index contributed by atoms with van der Waals surface area (Å²) in [5.74, 6) is 0.117. The topological polar surface area (TPSA) is 87.7 Å². The Kier molecular flexibility index (Phi) is 6.60. The lowest BCUT2D eigenvalue weighted by atomic mass is 10.3. The number of hydrogen-bond acceptors (Lipinski definition) is 4. The Labute approximate surface area is 141 Å². The van der Waals surface area contributed by atoms with Gasteiger partial charge in [-0.1, -0.05) is 13.3 Å². The number of carbonyl (C=O) groups is 3. The normalized spacial score (nSPS) is 13.7. The summed E-state index contributed by atoms with van der Waals surface area (Å²) in [6.45, 7) is 3.04. The Morgan fingerprint density at radius 3 is 2.62 bits per heavy atom. The van der Waals surface area contributed by atoms with Crippen LogP contribution in [0.3, 0.4) is 0 Å². The SMILES string of the molecule is CCCCNC(=O)NC(=O)COc1ccc(N2CCCC2=O)cc1. The van der Waals surface area contributed by atoms with Crippen LogP contribution in [0.4, 0.5) is 10.5 Å². The van der Waals surface area contributed by atoms with Crippen molar-refractivity contribution in [1.29, 1.82) is 0 Å². The number of rotatable bonds is 7. The lowest BCUT2D eigenvalue weighted by Gasteiger charge is -2.16. The Morgan fingerprint density at radius 1 is 1.25 bits per heavy atom. The summed E-state index contributed by atoms with van der Waals surface area (Å²) in [5, 5.41) is 4.80. The number of nitrogens with one attached hydrogen (secondary N) is 2. The molecule has 0 saturated carbocycles. The molecule has 0 aliphatic carbocycles. The van der Waals surface area contributed by atoms with Gasteiger partial charge in [0.15, 0.2) is 6.61 Å². The van der Waals surface area contributed by atoms with Crippen LogP contribution in [0.1, 0.15) is 32.6 Å². The van der Waals surface area contributed by atoms with E-state index >= 15 is 0 Å². The van der Waals surface area contributed by atoms with E-state index in [1.54, 1.807) is 29.2 Å². The van der Waals surface area contributed by atoms with Gasteiger partial charge in [-0.15, -0.1) is 0 Å². The van der Waals surface area contributed by atoms with Crippen molar-refractivity contribution in [3.05, 3.63) is 24.3 Å². The van der Waals surface area contributed by atoms with E-state index in [1.165, 1.54) is 0 Å². The van der Waals surface area contributed by atoms with Crippen LogP contribution in [0.2, 0.25) is 0 Å². The van der Waals surface area contributed by atoms with E-state index in [9.17, 15) is 14.4 Å². The third-order valence-electron chi connectivity index (χ3n) is 3.66. The van der Waals surface area contributed by atoms with Crippen LogP contribution in [0, 0.1) is 0 Å². The maximum Gasteiger partial charge on any atom is 0.321 e. The van der Waals surface area contributed by atoms with E-state index in [4.69, 9.17) is 4.74 Å². The third kappa shape index (κ3) is 5.26. The van der Waals surface area contributed by atoms with E-state index in [1.807, 2.05) is 6.92 Å². The smallest absolute Gasteiger partial charge is 0.321 e. The number of ether oxygens (including phenoxy) is 1. The molecule has 130 valence electrons. The molecule has 0 aromatic heterocycles. The molecule has 1 heterocycles. The van der Waals surface area contributed by atoms with Crippen LogP contribution < -0.4 is 20.3 Å². The lowest BCUT2D eigenvalue weighted by molar-refractivity contribution is -0.122. The molecule has 1 saturated heterocycles. The minimum Gasteiger partial charge on any atom is -0.484 e. The average Bonchev–Trinajstić information content (AvgIpc) is 3.00. The summed E-state index contributed by atoms with van der Waals surface area (Å²) in [4.78, 5) is 36.5. The van der Waals surface area contributed by atoms with Gasteiger partial charge >= 0.3 is 6.03 Å². The second-order valence-electron chi connectivity index (χ2n) is 5.59. The van der Waals surface area contributed by atoms with Gasteiger partial charge in [0.1, 0.15) is 5.75 Å². The fraction of sp³-hybridized carbons (Fsp3) is 0.471. The molecule has 1 fully saturated rings. The predicted octanol–water partition coefficient (Wildman–Crippen LogP) is 1.82. The van der Waals surface area contributed by atoms with Crippen LogP contribution in [-0.4, -0.2) is 37.5 Å². The highest BCUT2D eigenvalue weighted by Crippen LogP contribution is 2.23. The lowest BCUT2D eigenvalue weighted by Crippen LogP contribution is -2.41. The Hall–Kier alpha value is -2.57. The first-order valence-corrected chi connectivity index (χ1v) is 8.21. The van der Waals surface area contributed by atoms with Gasteiger partial charge in [-0.25, -0.2) is 4.79 Å². The maximum absolute atomic E-state index is 11.7. The number of hydrogen-bond donors (Lipinski definition) is 2. The van der Waals surface area contributed by atoms with E-state index in [0.29, 0.717) is 18.7 Å². The monoisotopic (exact) mass is 333 g/mol. The van der Waals surface area contributed by atoms with Crippen molar-refractivity contribution in [1.82, 2.24) is 10.6 Å². The zero-order valence-electron chi connectivity index (χ0n) is 13.8. The number of anilines is 1. The van der Waals surface area contributed by atoms with Crippen molar-refractivity contribution >= 4 is 23.5 Å². The summed E-state index contributed by atoms with van der Waals surface area (Å²) >= 11 is 0. The van der Waals surface area contributed by atoms with Crippen LogP contribution in [-0.2, 0) is 9.59 Å². The largest absolute Gasteiger partial charge is 0.484 e. The molecule has 1 aliphatic heterocycles. The Bertz CT molecular complexity index is 586. The zero-order chi connectivity index (χ0) is 17.4. The molecule has 0 spiro atoms. The number of carbonyl (C=O) groups excluding carboxylic acids is 3. The highest BCUT2D eigenvalue weighted by molar-refractivity contribution is 5.95. The zero-order valence-corrected chi connectivity index (χ0v) is 13.8. The van der Waals surface area contributed by atoms with Gasteiger partial charge < -0.3 is 15.0 Å². The number of benzene rings is 1. The number of urea groups is 1. The molecule has 1 aromatic carbocycles. The van der Waals surface area contributed by atoms with E-state index in [2.05, 4.69) is 10.6 Å². The van der Waals surface area contributed by atoms with Gasteiger partial charge in [0.25, 0.3) is 5.91 Å². The van der Waals surface area contributed by atoms with Crippen molar-refractivity contribution < 1.29 is 19.1 Å². The van der Waals surface area contributed by atoms with E-state index in [-0.39, 0.29) is 12.5 Å². The molecule has 0 radical (unpaired) electrons. The highest BCUT2D eigenvalue weighted by atomic mass is 16.5. The maximum atomic E-state index is 11.7. The minimum absolute atomic E-state index is 0.122. The second kappa shape index (κ2) is 8.90. The standard InChI is InChI=1S/C17H23N3O4/c1-2-3-10-18-17(23)19-15(21)12-24-14-8-6-13(7-9-14)20-11-4-5-16(20)22/h6-9H,2-5,10-12H2,1H3,(H2,18,19,21,23). The molecule has 0 atom stereocenters. The van der Waals surface area contributed by atoms with Gasteiger partial charge in [-0.3, -0.25) is 14.9 Å². The first-order valence-electron chi connectivity index (χ1n) is 8.21. The molecule has 7 nitrogen and oxygen atoms in total. The molecule has 24 heavy (non-hydrogen) atoms. The van der Waals surface area contributed by atoms with Crippen molar-refractivity contribution in [2.75, 3.05) is 24.6 Å². The summed E-state index contributed by atoms with van der Waals surface area (Å²) in [6, 6.07) is 6.47. The van der Waals surface area contributed by atoms with Gasteiger partial charge in [-0.2, -0.15) is 0 Å². The van der Waals surface area contributed by atoms with E-state index < -0.39 is 11.9 Å². The molecule has 4 amide bonds. The number of amides is 4. The van der Waals surface area contributed by atoms with Crippen molar-refractivity contribution in [2.45, 2.75) is 32.6 Å². The first kappa shape index (κ1) is 17.8. The van der Waals surface area contributed by atoms with E-state index in [0.717, 1.165) is 31.5 Å². The summed E-state index contributed by atoms with van der Waals surface area (Å²) in [7, 11) is 0. The first-order chi connectivity index (χ1) is 11.6. The highest BCUT2D eigenvalue weighted by Gasteiger charge is 2.21. The minimum atomic E-state index is -0.514. The molecule has 2 rings (SSSR count). The molecule has 1 aliphatic rings. The molecule has 0 bridgehead atoms. The van der Waals surface area contributed by atoms with Crippen LogP contribution in [0.15, 0.2) is 24.3 Å². The fourth-order valence-corrected chi connectivity index (χ4v) is 2.38. The average molecular weight is 333 g/mol. The third-order valence-corrected chi connectivity index (χ3v) is 3.66. The number of unbranched alkanes of at least 4 members (excludes halogenated alkanes) is 1.